The lowest BCUT2D eigenvalue weighted by Gasteiger charge is -2.21. The van der Waals surface area contributed by atoms with E-state index in [0.717, 1.165) is 26.2 Å². The molecule has 1 heterocycles. The summed E-state index contributed by atoms with van der Waals surface area (Å²) in [5, 5.41) is 8.91. The van der Waals surface area contributed by atoms with Gasteiger partial charge in [0.05, 0.1) is 12.7 Å². The number of hydrogen-bond acceptors (Lipinski definition) is 3. The first-order valence-corrected chi connectivity index (χ1v) is 6.31. The van der Waals surface area contributed by atoms with Crippen LogP contribution in [0.2, 0.25) is 0 Å². The van der Waals surface area contributed by atoms with Crippen molar-refractivity contribution < 1.29 is 9.84 Å². The van der Waals surface area contributed by atoms with E-state index in [1.807, 2.05) is 0 Å². The van der Waals surface area contributed by atoms with Crippen molar-refractivity contribution >= 4 is 0 Å². The molecule has 3 heteroatoms. The molecule has 0 aliphatic carbocycles. The Morgan fingerprint density at radius 1 is 1.33 bits per heavy atom. The molecule has 1 atom stereocenters. The highest BCUT2D eigenvalue weighted by molar-refractivity contribution is 4.66. The highest BCUT2D eigenvalue weighted by Crippen LogP contribution is 2.16. The Kier molecular flexibility index (Phi) is 6.98. The van der Waals surface area contributed by atoms with Crippen molar-refractivity contribution in [2.45, 2.75) is 45.1 Å². The number of nitrogens with zero attached hydrogens (tertiary/aromatic N) is 1. The molecule has 0 amide bonds. The molecule has 0 aromatic heterocycles. The minimum Gasteiger partial charge on any atom is -0.395 e. The molecule has 1 saturated heterocycles. The van der Waals surface area contributed by atoms with Gasteiger partial charge in [0.25, 0.3) is 0 Å². The van der Waals surface area contributed by atoms with Gasteiger partial charge >= 0.3 is 0 Å². The first-order chi connectivity index (χ1) is 7.36. The van der Waals surface area contributed by atoms with Crippen molar-refractivity contribution in [3.05, 3.63) is 0 Å². The normalized spacial score (nSPS) is 21.4. The Hall–Kier alpha value is -0.120. The molecular weight excluding hydrogens is 190 g/mol. The van der Waals surface area contributed by atoms with E-state index in [9.17, 15) is 0 Å². The van der Waals surface area contributed by atoms with Gasteiger partial charge in [0.15, 0.2) is 0 Å². The summed E-state index contributed by atoms with van der Waals surface area (Å²) in [6, 6.07) is 0. The van der Waals surface area contributed by atoms with Crippen LogP contribution in [-0.2, 0) is 4.74 Å². The second kappa shape index (κ2) is 8.08. The topological polar surface area (TPSA) is 32.7 Å². The summed E-state index contributed by atoms with van der Waals surface area (Å²) in [6.07, 6.45) is 6.55. The van der Waals surface area contributed by atoms with Gasteiger partial charge in [0.2, 0.25) is 0 Å². The van der Waals surface area contributed by atoms with Crippen LogP contribution in [0.15, 0.2) is 0 Å². The Balaban J connectivity index is 2.04. The molecule has 0 radical (unpaired) electrons. The Morgan fingerprint density at radius 2 is 2.20 bits per heavy atom. The maximum atomic E-state index is 8.91. The van der Waals surface area contributed by atoms with E-state index in [-0.39, 0.29) is 6.61 Å². The van der Waals surface area contributed by atoms with E-state index in [2.05, 4.69) is 11.8 Å². The summed E-state index contributed by atoms with van der Waals surface area (Å²) in [7, 11) is 0. The fraction of sp³-hybridized carbons (Fsp3) is 1.00. The zero-order valence-electron chi connectivity index (χ0n) is 9.95. The number of ether oxygens (including phenoxy) is 1. The van der Waals surface area contributed by atoms with Crippen LogP contribution in [0.4, 0.5) is 0 Å². The molecule has 1 N–H and O–H groups in total. The van der Waals surface area contributed by atoms with Crippen LogP contribution in [-0.4, -0.2) is 49.0 Å². The molecule has 0 aromatic carbocycles. The zero-order valence-corrected chi connectivity index (χ0v) is 9.95. The number of hydrogen-bond donors (Lipinski definition) is 1. The van der Waals surface area contributed by atoms with Crippen LogP contribution < -0.4 is 0 Å². The number of rotatable bonds is 8. The first kappa shape index (κ1) is 12.9. The Bertz CT molecular complexity index is 141. The zero-order chi connectivity index (χ0) is 10.9. The molecule has 1 fully saturated rings. The molecule has 1 unspecified atom stereocenters. The quantitative estimate of drug-likeness (QED) is 0.668. The summed E-state index contributed by atoms with van der Waals surface area (Å²) < 4.78 is 5.59. The van der Waals surface area contributed by atoms with Crippen LogP contribution in [0.5, 0.6) is 0 Å². The van der Waals surface area contributed by atoms with Crippen molar-refractivity contribution in [2.75, 3.05) is 32.8 Å². The van der Waals surface area contributed by atoms with Gasteiger partial charge in [-0.15, -0.1) is 0 Å². The summed E-state index contributed by atoms with van der Waals surface area (Å²) in [5.41, 5.74) is 0. The van der Waals surface area contributed by atoms with Gasteiger partial charge in [0, 0.05) is 13.2 Å². The third-order valence-electron chi connectivity index (χ3n) is 2.98. The lowest BCUT2D eigenvalue weighted by atomic mass is 10.1. The van der Waals surface area contributed by atoms with Crippen LogP contribution in [0.3, 0.4) is 0 Å². The monoisotopic (exact) mass is 215 g/mol. The second-order valence-electron chi connectivity index (χ2n) is 4.34. The van der Waals surface area contributed by atoms with Gasteiger partial charge in [-0.25, -0.2) is 0 Å². The molecule has 0 bridgehead atoms. The van der Waals surface area contributed by atoms with Crippen LogP contribution in [0.25, 0.3) is 0 Å². The first-order valence-electron chi connectivity index (χ1n) is 6.31. The standard InChI is InChI=1S/C12H25NO2/c1-2-7-13(9-10-14)8-3-5-12-6-4-11-15-12/h12,14H,2-11H2,1H3. The van der Waals surface area contributed by atoms with Crippen molar-refractivity contribution in [1.82, 2.24) is 4.90 Å². The molecule has 3 nitrogen and oxygen atoms in total. The minimum atomic E-state index is 0.278. The molecule has 0 saturated carbocycles. The molecular formula is C12H25NO2. The summed E-state index contributed by atoms with van der Waals surface area (Å²) >= 11 is 0. The smallest absolute Gasteiger partial charge is 0.0576 e. The van der Waals surface area contributed by atoms with Gasteiger partial charge in [-0.2, -0.15) is 0 Å². The summed E-state index contributed by atoms with van der Waals surface area (Å²) in [4.78, 5) is 2.34. The fourth-order valence-corrected chi connectivity index (χ4v) is 2.21. The Morgan fingerprint density at radius 3 is 2.80 bits per heavy atom. The molecule has 0 spiro atoms. The van der Waals surface area contributed by atoms with Crippen molar-refractivity contribution in [3.63, 3.8) is 0 Å². The largest absolute Gasteiger partial charge is 0.395 e. The molecule has 0 aromatic rings. The molecule has 1 rings (SSSR count). The number of aliphatic hydroxyl groups is 1. The van der Waals surface area contributed by atoms with Crippen LogP contribution in [0.1, 0.15) is 39.0 Å². The molecule has 15 heavy (non-hydrogen) atoms. The van der Waals surface area contributed by atoms with Crippen molar-refractivity contribution in [2.24, 2.45) is 0 Å². The van der Waals surface area contributed by atoms with E-state index in [4.69, 9.17) is 9.84 Å². The maximum absolute atomic E-state index is 8.91. The predicted octanol–water partition coefficient (Wildman–Crippen LogP) is 1.65. The van der Waals surface area contributed by atoms with Gasteiger partial charge in [-0.1, -0.05) is 6.92 Å². The third kappa shape index (κ3) is 5.50. The third-order valence-corrected chi connectivity index (χ3v) is 2.98. The second-order valence-corrected chi connectivity index (χ2v) is 4.34. The van der Waals surface area contributed by atoms with E-state index in [1.165, 1.54) is 32.1 Å². The maximum Gasteiger partial charge on any atom is 0.0576 e. The van der Waals surface area contributed by atoms with Gasteiger partial charge in [-0.3, -0.25) is 0 Å². The average molecular weight is 215 g/mol. The van der Waals surface area contributed by atoms with E-state index in [0.29, 0.717) is 6.10 Å². The minimum absolute atomic E-state index is 0.278. The SMILES string of the molecule is CCCN(CCO)CCCC1CCCO1. The molecule has 1 aliphatic rings. The van der Waals surface area contributed by atoms with Crippen molar-refractivity contribution in [3.8, 4) is 0 Å². The fourth-order valence-electron chi connectivity index (χ4n) is 2.21. The predicted molar refractivity (Wildman–Crippen MR) is 62.0 cm³/mol. The van der Waals surface area contributed by atoms with E-state index in [1.54, 1.807) is 0 Å². The lowest BCUT2D eigenvalue weighted by molar-refractivity contribution is 0.0974. The highest BCUT2D eigenvalue weighted by Gasteiger charge is 2.15. The van der Waals surface area contributed by atoms with Crippen molar-refractivity contribution in [1.29, 1.82) is 0 Å². The average Bonchev–Trinajstić information content (AvgIpc) is 2.71. The lowest BCUT2D eigenvalue weighted by Crippen LogP contribution is -2.29. The molecule has 90 valence electrons. The highest BCUT2D eigenvalue weighted by atomic mass is 16.5. The van der Waals surface area contributed by atoms with Gasteiger partial charge in [-0.05, 0) is 45.2 Å². The van der Waals surface area contributed by atoms with Gasteiger partial charge in [0.1, 0.15) is 0 Å². The molecule has 1 aliphatic heterocycles. The van der Waals surface area contributed by atoms with Gasteiger partial charge < -0.3 is 14.7 Å². The number of aliphatic hydroxyl groups excluding tert-OH is 1. The summed E-state index contributed by atoms with van der Waals surface area (Å²) in [6.45, 7) is 6.45. The van der Waals surface area contributed by atoms with Crippen LogP contribution >= 0.6 is 0 Å². The Labute approximate surface area is 93.4 Å². The summed E-state index contributed by atoms with van der Waals surface area (Å²) in [5.74, 6) is 0. The van der Waals surface area contributed by atoms with E-state index >= 15 is 0 Å². The van der Waals surface area contributed by atoms with E-state index < -0.39 is 0 Å². The van der Waals surface area contributed by atoms with Crippen LogP contribution in [0, 0.1) is 0 Å².